The van der Waals surface area contributed by atoms with Crippen LogP contribution in [0.4, 0.5) is 0 Å². The number of furan rings is 1. The Hall–Kier alpha value is -1.29. The zero-order valence-electron chi connectivity index (χ0n) is 9.58. The van der Waals surface area contributed by atoms with E-state index in [-0.39, 0.29) is 11.9 Å². The molecular formula is C12H18N2O2. The molecule has 0 aliphatic carbocycles. The Balaban J connectivity index is 1.69. The van der Waals surface area contributed by atoms with Crippen molar-refractivity contribution in [2.75, 3.05) is 13.1 Å². The van der Waals surface area contributed by atoms with E-state index in [0.717, 1.165) is 37.3 Å². The van der Waals surface area contributed by atoms with E-state index in [4.69, 9.17) is 4.42 Å². The van der Waals surface area contributed by atoms with E-state index in [2.05, 4.69) is 10.6 Å². The molecule has 1 aromatic heterocycles. The van der Waals surface area contributed by atoms with Gasteiger partial charge in [0.05, 0.1) is 6.04 Å². The van der Waals surface area contributed by atoms with Gasteiger partial charge < -0.3 is 15.1 Å². The molecule has 1 atom stereocenters. The Labute approximate surface area is 95.4 Å². The van der Waals surface area contributed by atoms with Gasteiger partial charge in [-0.2, -0.15) is 0 Å². The van der Waals surface area contributed by atoms with E-state index < -0.39 is 0 Å². The van der Waals surface area contributed by atoms with Gasteiger partial charge in [0.1, 0.15) is 11.5 Å². The predicted octanol–water partition coefficient (Wildman–Crippen LogP) is 0.999. The molecule has 16 heavy (non-hydrogen) atoms. The first-order valence-corrected chi connectivity index (χ1v) is 5.82. The number of aryl methyl sites for hydroxylation is 1. The molecule has 1 aromatic rings. The van der Waals surface area contributed by atoms with Crippen molar-refractivity contribution in [2.45, 2.75) is 32.2 Å². The molecule has 4 heteroatoms. The summed E-state index contributed by atoms with van der Waals surface area (Å²) in [5.41, 5.74) is 0. The predicted molar refractivity (Wildman–Crippen MR) is 61.2 cm³/mol. The summed E-state index contributed by atoms with van der Waals surface area (Å²) in [6.45, 7) is 3.52. The lowest BCUT2D eigenvalue weighted by Crippen LogP contribution is -2.41. The molecule has 1 aliphatic rings. The molecule has 2 N–H and O–H groups in total. The van der Waals surface area contributed by atoms with Crippen molar-refractivity contribution in [3.63, 3.8) is 0 Å². The first-order chi connectivity index (χ1) is 7.75. The average molecular weight is 222 g/mol. The summed E-state index contributed by atoms with van der Waals surface area (Å²) in [6.07, 6.45) is 2.80. The maximum Gasteiger partial charge on any atom is 0.237 e. The van der Waals surface area contributed by atoms with Gasteiger partial charge in [0.15, 0.2) is 0 Å². The normalized spacial score (nSPS) is 19.9. The van der Waals surface area contributed by atoms with Crippen molar-refractivity contribution >= 4 is 5.91 Å². The van der Waals surface area contributed by atoms with Crippen molar-refractivity contribution in [1.29, 1.82) is 0 Å². The zero-order chi connectivity index (χ0) is 11.4. The van der Waals surface area contributed by atoms with Crippen LogP contribution < -0.4 is 10.6 Å². The first-order valence-electron chi connectivity index (χ1n) is 5.82. The van der Waals surface area contributed by atoms with Crippen LogP contribution in [-0.2, 0) is 11.2 Å². The van der Waals surface area contributed by atoms with Crippen LogP contribution >= 0.6 is 0 Å². The van der Waals surface area contributed by atoms with Gasteiger partial charge in [-0.3, -0.25) is 4.79 Å². The molecule has 2 rings (SSSR count). The largest absolute Gasteiger partial charge is 0.466 e. The Morgan fingerprint density at radius 3 is 3.12 bits per heavy atom. The summed E-state index contributed by atoms with van der Waals surface area (Å²) in [6, 6.07) is 3.91. The lowest BCUT2D eigenvalue weighted by molar-refractivity contribution is -0.122. The molecule has 1 amide bonds. The van der Waals surface area contributed by atoms with Crippen LogP contribution in [0.2, 0.25) is 0 Å². The molecule has 4 nitrogen and oxygen atoms in total. The molecule has 0 aromatic carbocycles. The summed E-state index contributed by atoms with van der Waals surface area (Å²) in [7, 11) is 0. The van der Waals surface area contributed by atoms with Gasteiger partial charge in [0.2, 0.25) is 5.91 Å². The van der Waals surface area contributed by atoms with Gasteiger partial charge in [-0.15, -0.1) is 0 Å². The van der Waals surface area contributed by atoms with E-state index in [1.54, 1.807) is 0 Å². The van der Waals surface area contributed by atoms with Crippen LogP contribution in [0.1, 0.15) is 24.4 Å². The fourth-order valence-corrected chi connectivity index (χ4v) is 1.96. The topological polar surface area (TPSA) is 54.3 Å². The third-order valence-electron chi connectivity index (χ3n) is 2.84. The van der Waals surface area contributed by atoms with Crippen molar-refractivity contribution < 1.29 is 9.21 Å². The standard InChI is InChI=1S/C12H18N2O2/c1-9-4-5-10(16-9)6-8-14-12(15)11-3-2-7-13-11/h4-5,11,13H,2-3,6-8H2,1H3,(H,14,15). The molecule has 1 saturated heterocycles. The highest BCUT2D eigenvalue weighted by molar-refractivity contribution is 5.81. The van der Waals surface area contributed by atoms with Gasteiger partial charge in [0, 0.05) is 13.0 Å². The highest BCUT2D eigenvalue weighted by Crippen LogP contribution is 2.07. The van der Waals surface area contributed by atoms with Crippen LogP contribution in [-0.4, -0.2) is 25.0 Å². The van der Waals surface area contributed by atoms with Crippen LogP contribution in [0.25, 0.3) is 0 Å². The molecule has 0 saturated carbocycles. The van der Waals surface area contributed by atoms with Gasteiger partial charge in [-0.1, -0.05) is 0 Å². The quantitative estimate of drug-likeness (QED) is 0.799. The SMILES string of the molecule is Cc1ccc(CCNC(=O)C2CCCN2)o1. The smallest absolute Gasteiger partial charge is 0.237 e. The molecule has 0 spiro atoms. The fraction of sp³-hybridized carbons (Fsp3) is 0.583. The van der Waals surface area contributed by atoms with E-state index in [9.17, 15) is 4.79 Å². The Kier molecular flexibility index (Phi) is 3.62. The maximum atomic E-state index is 11.6. The van der Waals surface area contributed by atoms with Crippen molar-refractivity contribution in [3.8, 4) is 0 Å². The van der Waals surface area contributed by atoms with Crippen LogP contribution in [0.5, 0.6) is 0 Å². The molecule has 88 valence electrons. The molecule has 2 heterocycles. The molecule has 1 fully saturated rings. The Morgan fingerprint density at radius 2 is 2.50 bits per heavy atom. The van der Waals surface area contributed by atoms with Gasteiger partial charge >= 0.3 is 0 Å². The lowest BCUT2D eigenvalue weighted by atomic mass is 10.2. The van der Waals surface area contributed by atoms with Crippen molar-refractivity contribution in [2.24, 2.45) is 0 Å². The number of carbonyl (C=O) groups is 1. The third-order valence-corrected chi connectivity index (χ3v) is 2.84. The number of amides is 1. The van der Waals surface area contributed by atoms with Crippen LogP contribution in [0, 0.1) is 6.92 Å². The van der Waals surface area contributed by atoms with Gasteiger partial charge in [-0.05, 0) is 38.4 Å². The van der Waals surface area contributed by atoms with Gasteiger partial charge in [-0.25, -0.2) is 0 Å². The van der Waals surface area contributed by atoms with Gasteiger partial charge in [0.25, 0.3) is 0 Å². The van der Waals surface area contributed by atoms with Crippen molar-refractivity contribution in [1.82, 2.24) is 10.6 Å². The van der Waals surface area contributed by atoms with Crippen molar-refractivity contribution in [3.05, 3.63) is 23.7 Å². The maximum absolute atomic E-state index is 11.6. The molecular weight excluding hydrogens is 204 g/mol. The van der Waals surface area contributed by atoms with E-state index in [1.165, 1.54) is 0 Å². The minimum absolute atomic E-state index is 0.0123. The fourth-order valence-electron chi connectivity index (χ4n) is 1.96. The summed E-state index contributed by atoms with van der Waals surface area (Å²) < 4.78 is 5.42. The number of rotatable bonds is 4. The summed E-state index contributed by atoms with van der Waals surface area (Å²) in [4.78, 5) is 11.6. The lowest BCUT2D eigenvalue weighted by Gasteiger charge is -2.10. The second-order valence-corrected chi connectivity index (χ2v) is 4.20. The van der Waals surface area contributed by atoms with Crippen LogP contribution in [0.3, 0.4) is 0 Å². The number of hydrogen-bond acceptors (Lipinski definition) is 3. The van der Waals surface area contributed by atoms with E-state index >= 15 is 0 Å². The molecule has 1 unspecified atom stereocenters. The third kappa shape index (κ3) is 2.85. The number of nitrogens with one attached hydrogen (secondary N) is 2. The Morgan fingerprint density at radius 1 is 1.62 bits per heavy atom. The van der Waals surface area contributed by atoms with E-state index in [0.29, 0.717) is 6.54 Å². The average Bonchev–Trinajstić information content (AvgIpc) is 2.89. The number of carbonyl (C=O) groups excluding carboxylic acids is 1. The Bertz CT molecular complexity index is 354. The molecule has 0 bridgehead atoms. The highest BCUT2D eigenvalue weighted by Gasteiger charge is 2.21. The number of hydrogen-bond donors (Lipinski definition) is 2. The minimum Gasteiger partial charge on any atom is -0.466 e. The molecule has 1 aliphatic heterocycles. The van der Waals surface area contributed by atoms with E-state index in [1.807, 2.05) is 19.1 Å². The zero-order valence-corrected chi connectivity index (χ0v) is 9.58. The monoisotopic (exact) mass is 222 g/mol. The molecule has 0 radical (unpaired) electrons. The summed E-state index contributed by atoms with van der Waals surface area (Å²) in [5.74, 6) is 1.96. The first kappa shape index (κ1) is 11.2. The summed E-state index contributed by atoms with van der Waals surface area (Å²) in [5, 5.41) is 6.09. The highest BCUT2D eigenvalue weighted by atomic mass is 16.3. The summed E-state index contributed by atoms with van der Waals surface area (Å²) >= 11 is 0. The second kappa shape index (κ2) is 5.16. The minimum atomic E-state index is 0.0123. The van der Waals surface area contributed by atoms with Crippen LogP contribution in [0.15, 0.2) is 16.5 Å². The second-order valence-electron chi connectivity index (χ2n) is 4.20.